The molecule has 3 rings (SSSR count). The number of hydrogen-bond donors (Lipinski definition) is 2. The van der Waals surface area contributed by atoms with E-state index in [4.69, 9.17) is 4.99 Å². The minimum atomic E-state index is 0.496. The van der Waals surface area contributed by atoms with Crippen LogP contribution in [-0.2, 0) is 0 Å². The fourth-order valence-electron chi connectivity index (χ4n) is 3.60. The Kier molecular flexibility index (Phi) is 5.74. The summed E-state index contributed by atoms with van der Waals surface area (Å²) in [5.74, 6) is 0.991. The van der Waals surface area contributed by atoms with Gasteiger partial charge in [0.25, 0.3) is 0 Å². The summed E-state index contributed by atoms with van der Waals surface area (Å²) in [4.78, 5) is 5.02. The zero-order valence-corrected chi connectivity index (χ0v) is 13.6. The molecule has 0 radical (unpaired) electrons. The lowest BCUT2D eigenvalue weighted by molar-refractivity contribution is 0.408. The van der Waals surface area contributed by atoms with E-state index in [0.717, 1.165) is 11.6 Å². The standard InChI is InChI=1S/C19H29N3/c1-4-10-16(11-5-1)20-19(21-17-12-6-2-7-13-17)22-18-14-8-3-9-15-18/h1,4-5,10-11,17-18H,2-3,6-9,12-15H2,(H2,20,21,22). The average Bonchev–Trinajstić information content (AvgIpc) is 2.57. The van der Waals surface area contributed by atoms with Gasteiger partial charge in [0.2, 0.25) is 0 Å². The lowest BCUT2D eigenvalue weighted by atomic mass is 9.95. The maximum atomic E-state index is 5.02. The maximum Gasteiger partial charge on any atom is 0.196 e. The molecule has 2 fully saturated rings. The zero-order valence-electron chi connectivity index (χ0n) is 13.6. The molecule has 0 atom stereocenters. The van der Waals surface area contributed by atoms with Crippen molar-refractivity contribution in [3.05, 3.63) is 30.3 Å². The van der Waals surface area contributed by atoms with Gasteiger partial charge in [-0.25, -0.2) is 4.99 Å². The number of benzene rings is 1. The Morgan fingerprint density at radius 1 is 0.818 bits per heavy atom. The van der Waals surface area contributed by atoms with Crippen LogP contribution in [0.4, 0.5) is 5.69 Å². The second-order valence-corrected chi connectivity index (χ2v) is 6.74. The highest BCUT2D eigenvalue weighted by Gasteiger charge is 2.17. The Morgan fingerprint density at radius 2 is 1.45 bits per heavy atom. The summed E-state index contributed by atoms with van der Waals surface area (Å²) in [5, 5.41) is 7.20. The summed E-state index contributed by atoms with van der Waals surface area (Å²) in [7, 11) is 0. The zero-order chi connectivity index (χ0) is 15.0. The van der Waals surface area contributed by atoms with Crippen molar-refractivity contribution in [1.82, 2.24) is 5.32 Å². The molecule has 0 aromatic heterocycles. The van der Waals surface area contributed by atoms with Crippen LogP contribution in [0.1, 0.15) is 64.2 Å². The fraction of sp³-hybridized carbons (Fsp3) is 0.632. The van der Waals surface area contributed by atoms with Crippen LogP contribution in [0.25, 0.3) is 0 Å². The van der Waals surface area contributed by atoms with Gasteiger partial charge >= 0.3 is 0 Å². The molecule has 3 heteroatoms. The van der Waals surface area contributed by atoms with Crippen LogP contribution in [0.2, 0.25) is 0 Å². The van der Waals surface area contributed by atoms with Gasteiger partial charge in [0.05, 0.1) is 6.04 Å². The van der Waals surface area contributed by atoms with Crippen molar-refractivity contribution in [2.45, 2.75) is 76.3 Å². The van der Waals surface area contributed by atoms with Crippen molar-refractivity contribution in [3.8, 4) is 0 Å². The Labute approximate surface area is 134 Å². The van der Waals surface area contributed by atoms with Crippen molar-refractivity contribution in [3.63, 3.8) is 0 Å². The average molecular weight is 299 g/mol. The fourth-order valence-corrected chi connectivity index (χ4v) is 3.60. The highest BCUT2D eigenvalue weighted by atomic mass is 15.2. The third kappa shape index (κ3) is 4.75. The molecule has 0 bridgehead atoms. The summed E-state index contributed by atoms with van der Waals surface area (Å²) in [6, 6.07) is 11.5. The summed E-state index contributed by atoms with van der Waals surface area (Å²) < 4.78 is 0. The minimum absolute atomic E-state index is 0.496. The first-order valence-electron chi connectivity index (χ1n) is 9.06. The second-order valence-electron chi connectivity index (χ2n) is 6.74. The van der Waals surface area contributed by atoms with Gasteiger partial charge in [-0.05, 0) is 37.8 Å². The van der Waals surface area contributed by atoms with Gasteiger partial charge in [0.15, 0.2) is 5.96 Å². The molecule has 0 spiro atoms. The lowest BCUT2D eigenvalue weighted by Gasteiger charge is -2.27. The molecule has 0 heterocycles. The Hall–Kier alpha value is -1.51. The number of hydrogen-bond acceptors (Lipinski definition) is 1. The smallest absolute Gasteiger partial charge is 0.196 e. The van der Waals surface area contributed by atoms with Crippen molar-refractivity contribution in [2.75, 3.05) is 5.32 Å². The number of nitrogens with zero attached hydrogens (tertiary/aromatic N) is 1. The molecule has 2 N–H and O–H groups in total. The van der Waals surface area contributed by atoms with Gasteiger partial charge in [-0.2, -0.15) is 0 Å². The molecule has 2 aliphatic rings. The Morgan fingerprint density at radius 3 is 2.14 bits per heavy atom. The molecule has 22 heavy (non-hydrogen) atoms. The number of para-hydroxylation sites is 1. The van der Waals surface area contributed by atoms with Crippen LogP contribution in [0.5, 0.6) is 0 Å². The van der Waals surface area contributed by atoms with Gasteiger partial charge in [-0.15, -0.1) is 0 Å². The number of aliphatic imine (C=N–C) groups is 1. The topological polar surface area (TPSA) is 36.4 Å². The summed E-state index contributed by atoms with van der Waals surface area (Å²) in [6.45, 7) is 0. The SMILES string of the molecule is c1ccc(NC(=NC2CCCCC2)NC2CCCCC2)cc1. The first kappa shape index (κ1) is 15.4. The van der Waals surface area contributed by atoms with E-state index in [2.05, 4.69) is 41.0 Å². The number of guanidine groups is 1. The third-order valence-electron chi connectivity index (χ3n) is 4.87. The molecule has 2 saturated carbocycles. The minimum Gasteiger partial charge on any atom is -0.353 e. The number of anilines is 1. The van der Waals surface area contributed by atoms with Crippen LogP contribution >= 0.6 is 0 Å². The van der Waals surface area contributed by atoms with E-state index >= 15 is 0 Å². The van der Waals surface area contributed by atoms with Gasteiger partial charge in [-0.3, -0.25) is 0 Å². The predicted molar refractivity (Wildman–Crippen MR) is 94.4 cm³/mol. The quantitative estimate of drug-likeness (QED) is 0.626. The van der Waals surface area contributed by atoms with Gasteiger partial charge in [0.1, 0.15) is 0 Å². The first-order chi connectivity index (χ1) is 10.9. The van der Waals surface area contributed by atoms with Crippen LogP contribution in [0.3, 0.4) is 0 Å². The first-order valence-corrected chi connectivity index (χ1v) is 9.06. The van der Waals surface area contributed by atoms with E-state index in [9.17, 15) is 0 Å². The van der Waals surface area contributed by atoms with Crippen LogP contribution in [0.15, 0.2) is 35.3 Å². The van der Waals surface area contributed by atoms with E-state index in [0.29, 0.717) is 12.1 Å². The molecule has 1 aromatic rings. The molecule has 0 unspecified atom stereocenters. The lowest BCUT2D eigenvalue weighted by Crippen LogP contribution is -2.41. The van der Waals surface area contributed by atoms with Crippen molar-refractivity contribution in [2.24, 2.45) is 4.99 Å². The highest BCUT2D eigenvalue weighted by molar-refractivity contribution is 5.93. The van der Waals surface area contributed by atoms with E-state index in [1.165, 1.54) is 64.2 Å². The van der Waals surface area contributed by atoms with E-state index < -0.39 is 0 Å². The molecule has 0 saturated heterocycles. The number of nitrogens with one attached hydrogen (secondary N) is 2. The molecule has 0 aliphatic heterocycles. The van der Waals surface area contributed by atoms with Crippen molar-refractivity contribution < 1.29 is 0 Å². The van der Waals surface area contributed by atoms with E-state index in [1.54, 1.807) is 0 Å². The second kappa shape index (κ2) is 8.21. The third-order valence-corrected chi connectivity index (χ3v) is 4.87. The molecule has 0 amide bonds. The van der Waals surface area contributed by atoms with Crippen LogP contribution < -0.4 is 10.6 Å². The molecular weight excluding hydrogens is 270 g/mol. The van der Waals surface area contributed by atoms with Crippen LogP contribution in [0, 0.1) is 0 Å². The summed E-state index contributed by atoms with van der Waals surface area (Å²) in [5.41, 5.74) is 1.13. The monoisotopic (exact) mass is 299 g/mol. The summed E-state index contributed by atoms with van der Waals surface area (Å²) in [6.07, 6.45) is 13.2. The molecular formula is C19H29N3. The highest BCUT2D eigenvalue weighted by Crippen LogP contribution is 2.21. The van der Waals surface area contributed by atoms with Gasteiger partial charge < -0.3 is 10.6 Å². The molecule has 1 aromatic carbocycles. The van der Waals surface area contributed by atoms with Crippen molar-refractivity contribution >= 4 is 11.6 Å². The van der Waals surface area contributed by atoms with Crippen LogP contribution in [-0.4, -0.2) is 18.0 Å². The van der Waals surface area contributed by atoms with E-state index in [-0.39, 0.29) is 0 Å². The van der Waals surface area contributed by atoms with Gasteiger partial charge in [0, 0.05) is 11.7 Å². The largest absolute Gasteiger partial charge is 0.353 e. The summed E-state index contributed by atoms with van der Waals surface area (Å²) >= 11 is 0. The Bertz CT molecular complexity index is 457. The molecule has 120 valence electrons. The number of rotatable bonds is 3. The predicted octanol–water partition coefficient (Wildman–Crippen LogP) is 4.71. The maximum absolute atomic E-state index is 5.02. The normalized spacial score (nSPS) is 21.5. The van der Waals surface area contributed by atoms with E-state index in [1.807, 2.05) is 0 Å². The Balaban J connectivity index is 1.67. The molecule has 3 nitrogen and oxygen atoms in total. The van der Waals surface area contributed by atoms with Crippen molar-refractivity contribution in [1.29, 1.82) is 0 Å². The molecule has 2 aliphatic carbocycles. The van der Waals surface area contributed by atoms with Gasteiger partial charge in [-0.1, -0.05) is 56.7 Å².